The zero-order valence-electron chi connectivity index (χ0n) is 10.5. The van der Waals surface area contributed by atoms with Crippen LogP contribution in [0.3, 0.4) is 0 Å². The second-order valence-corrected chi connectivity index (χ2v) is 4.59. The van der Waals surface area contributed by atoms with Gasteiger partial charge in [-0.25, -0.2) is 4.79 Å². The number of ether oxygens (including phenoxy) is 2. The molecule has 4 nitrogen and oxygen atoms in total. The molecular weight excluding hydrogens is 206 g/mol. The number of likely N-dealkylation sites (N-methyl/N-ethyl adjacent to an activating group) is 1. The molecule has 0 aromatic heterocycles. The number of nitrogens with one attached hydrogen (secondary N) is 1. The molecule has 94 valence electrons. The Balaban J connectivity index is 2.23. The highest BCUT2D eigenvalue weighted by molar-refractivity contribution is 5.80. The third kappa shape index (κ3) is 4.10. The summed E-state index contributed by atoms with van der Waals surface area (Å²) in [7, 11) is 1.75. The maximum absolute atomic E-state index is 11.7. The van der Waals surface area contributed by atoms with Crippen LogP contribution >= 0.6 is 0 Å². The molecule has 0 aromatic carbocycles. The highest BCUT2D eigenvalue weighted by atomic mass is 16.5. The van der Waals surface area contributed by atoms with E-state index in [-0.39, 0.29) is 5.97 Å². The van der Waals surface area contributed by atoms with E-state index in [9.17, 15) is 4.79 Å². The summed E-state index contributed by atoms with van der Waals surface area (Å²) in [6.07, 6.45) is 3.79. The van der Waals surface area contributed by atoms with E-state index >= 15 is 0 Å². The summed E-state index contributed by atoms with van der Waals surface area (Å²) < 4.78 is 10.6. The van der Waals surface area contributed by atoms with Crippen molar-refractivity contribution in [1.29, 1.82) is 0 Å². The van der Waals surface area contributed by atoms with Crippen LogP contribution in [-0.4, -0.2) is 38.4 Å². The van der Waals surface area contributed by atoms with Gasteiger partial charge in [0.15, 0.2) is 0 Å². The topological polar surface area (TPSA) is 47.6 Å². The molecule has 1 N–H and O–H groups in total. The van der Waals surface area contributed by atoms with Crippen molar-refractivity contribution in [3.63, 3.8) is 0 Å². The smallest absolute Gasteiger partial charge is 0.328 e. The lowest BCUT2D eigenvalue weighted by molar-refractivity contribution is -0.153. The Morgan fingerprint density at radius 2 is 2.19 bits per heavy atom. The number of hydrogen-bond donors (Lipinski definition) is 1. The standard InChI is InChI=1S/C12H23NO3/c1-4-16-11(14)12(2,13-3)9-15-8-7-10-5-6-10/h10,13H,4-9H2,1-3H3. The maximum atomic E-state index is 11.7. The van der Waals surface area contributed by atoms with Crippen LogP contribution in [-0.2, 0) is 14.3 Å². The van der Waals surface area contributed by atoms with Gasteiger partial charge in [-0.2, -0.15) is 0 Å². The van der Waals surface area contributed by atoms with Crippen LogP contribution in [0.5, 0.6) is 0 Å². The fraction of sp³-hybridized carbons (Fsp3) is 0.917. The van der Waals surface area contributed by atoms with E-state index in [4.69, 9.17) is 9.47 Å². The monoisotopic (exact) mass is 229 g/mol. The van der Waals surface area contributed by atoms with Gasteiger partial charge in [0.05, 0.1) is 13.2 Å². The number of carbonyl (C=O) groups is 1. The van der Waals surface area contributed by atoms with Crippen molar-refractivity contribution in [2.45, 2.75) is 38.6 Å². The summed E-state index contributed by atoms with van der Waals surface area (Å²) in [4.78, 5) is 11.7. The Kier molecular flexibility index (Phi) is 5.22. The molecule has 0 aromatic rings. The minimum atomic E-state index is -0.723. The van der Waals surface area contributed by atoms with Gasteiger partial charge < -0.3 is 14.8 Å². The second kappa shape index (κ2) is 6.21. The van der Waals surface area contributed by atoms with E-state index in [0.29, 0.717) is 13.2 Å². The summed E-state index contributed by atoms with van der Waals surface area (Å²) in [5.41, 5.74) is -0.723. The summed E-state index contributed by atoms with van der Waals surface area (Å²) in [6, 6.07) is 0. The minimum Gasteiger partial charge on any atom is -0.465 e. The summed E-state index contributed by atoms with van der Waals surface area (Å²) >= 11 is 0. The molecule has 1 atom stereocenters. The van der Waals surface area contributed by atoms with E-state index in [0.717, 1.165) is 18.9 Å². The third-order valence-corrected chi connectivity index (χ3v) is 3.04. The maximum Gasteiger partial charge on any atom is 0.328 e. The van der Waals surface area contributed by atoms with E-state index in [2.05, 4.69) is 5.32 Å². The van der Waals surface area contributed by atoms with Crippen LogP contribution < -0.4 is 5.32 Å². The SMILES string of the molecule is CCOC(=O)C(C)(COCCC1CC1)NC. The molecule has 0 saturated heterocycles. The molecular formula is C12H23NO3. The normalized spacial score (nSPS) is 19.2. The van der Waals surface area contributed by atoms with E-state index in [1.807, 2.05) is 13.8 Å². The van der Waals surface area contributed by atoms with Gasteiger partial charge in [-0.05, 0) is 33.2 Å². The predicted molar refractivity (Wildman–Crippen MR) is 62.3 cm³/mol. The molecule has 4 heteroatoms. The van der Waals surface area contributed by atoms with E-state index in [1.54, 1.807) is 7.05 Å². The molecule has 0 amide bonds. The van der Waals surface area contributed by atoms with Gasteiger partial charge in [0.1, 0.15) is 5.54 Å². The Bertz CT molecular complexity index is 228. The lowest BCUT2D eigenvalue weighted by Gasteiger charge is -2.26. The molecule has 0 aliphatic heterocycles. The number of rotatable bonds is 8. The summed E-state index contributed by atoms with van der Waals surface area (Å²) in [5.74, 6) is 0.618. The van der Waals surface area contributed by atoms with Crippen LogP contribution in [0.25, 0.3) is 0 Å². The zero-order chi connectivity index (χ0) is 12.0. The predicted octanol–water partition coefficient (Wildman–Crippen LogP) is 1.34. The Morgan fingerprint density at radius 1 is 1.50 bits per heavy atom. The molecule has 1 saturated carbocycles. The second-order valence-electron chi connectivity index (χ2n) is 4.59. The molecule has 0 bridgehead atoms. The van der Waals surface area contributed by atoms with Crippen LogP contribution in [0.4, 0.5) is 0 Å². The van der Waals surface area contributed by atoms with Crippen molar-refractivity contribution in [3.05, 3.63) is 0 Å². The zero-order valence-corrected chi connectivity index (χ0v) is 10.5. The van der Waals surface area contributed by atoms with Gasteiger partial charge >= 0.3 is 5.97 Å². The van der Waals surface area contributed by atoms with Crippen molar-refractivity contribution in [3.8, 4) is 0 Å². The fourth-order valence-electron chi connectivity index (χ4n) is 1.46. The van der Waals surface area contributed by atoms with Crippen LogP contribution in [0.15, 0.2) is 0 Å². The summed E-state index contributed by atoms with van der Waals surface area (Å²) in [6.45, 7) is 5.12. The first-order chi connectivity index (χ1) is 7.62. The molecule has 0 heterocycles. The number of hydrogen-bond acceptors (Lipinski definition) is 4. The first-order valence-corrected chi connectivity index (χ1v) is 6.06. The Morgan fingerprint density at radius 3 is 2.69 bits per heavy atom. The van der Waals surface area contributed by atoms with Gasteiger partial charge in [0.2, 0.25) is 0 Å². The molecule has 16 heavy (non-hydrogen) atoms. The van der Waals surface area contributed by atoms with Crippen LogP contribution in [0, 0.1) is 5.92 Å². The quantitative estimate of drug-likeness (QED) is 0.504. The van der Waals surface area contributed by atoms with Gasteiger partial charge in [0, 0.05) is 6.61 Å². The molecule has 1 aliphatic rings. The molecule has 1 fully saturated rings. The van der Waals surface area contributed by atoms with Gasteiger partial charge in [0.25, 0.3) is 0 Å². The first-order valence-electron chi connectivity index (χ1n) is 6.06. The van der Waals surface area contributed by atoms with Crippen molar-refractivity contribution < 1.29 is 14.3 Å². The lowest BCUT2D eigenvalue weighted by atomic mass is 10.1. The molecule has 1 unspecified atom stereocenters. The van der Waals surface area contributed by atoms with Gasteiger partial charge in [-0.15, -0.1) is 0 Å². The van der Waals surface area contributed by atoms with E-state index < -0.39 is 5.54 Å². The average molecular weight is 229 g/mol. The first kappa shape index (κ1) is 13.5. The highest BCUT2D eigenvalue weighted by Gasteiger charge is 2.33. The van der Waals surface area contributed by atoms with Crippen LogP contribution in [0.1, 0.15) is 33.1 Å². The third-order valence-electron chi connectivity index (χ3n) is 3.04. The van der Waals surface area contributed by atoms with E-state index in [1.165, 1.54) is 12.8 Å². The highest BCUT2D eigenvalue weighted by Crippen LogP contribution is 2.32. The van der Waals surface area contributed by atoms with Crippen molar-refractivity contribution in [2.75, 3.05) is 26.9 Å². The fourth-order valence-corrected chi connectivity index (χ4v) is 1.46. The summed E-state index contributed by atoms with van der Waals surface area (Å²) in [5, 5.41) is 2.97. The lowest BCUT2D eigenvalue weighted by Crippen LogP contribution is -2.52. The van der Waals surface area contributed by atoms with Crippen molar-refractivity contribution in [1.82, 2.24) is 5.32 Å². The van der Waals surface area contributed by atoms with Gasteiger partial charge in [-0.3, -0.25) is 0 Å². The van der Waals surface area contributed by atoms with Gasteiger partial charge in [-0.1, -0.05) is 12.8 Å². The average Bonchev–Trinajstić information content (AvgIpc) is 3.08. The molecule has 0 spiro atoms. The molecule has 1 aliphatic carbocycles. The largest absolute Gasteiger partial charge is 0.465 e. The van der Waals surface area contributed by atoms with Crippen LogP contribution in [0.2, 0.25) is 0 Å². The number of carbonyl (C=O) groups excluding carboxylic acids is 1. The van der Waals surface area contributed by atoms with Crippen molar-refractivity contribution in [2.24, 2.45) is 5.92 Å². The number of esters is 1. The Labute approximate surface area is 97.7 Å². The molecule has 0 radical (unpaired) electrons. The molecule has 1 rings (SSSR count). The van der Waals surface area contributed by atoms with Crippen molar-refractivity contribution >= 4 is 5.97 Å². The Hall–Kier alpha value is -0.610. The minimum absolute atomic E-state index is 0.246.